The first-order valence-corrected chi connectivity index (χ1v) is 10.2. The molecule has 2 N–H and O–H groups in total. The van der Waals surface area contributed by atoms with Crippen LogP contribution < -0.4 is 10.6 Å². The van der Waals surface area contributed by atoms with Gasteiger partial charge in [0, 0.05) is 30.3 Å². The summed E-state index contributed by atoms with van der Waals surface area (Å²) in [5.41, 5.74) is 0. The van der Waals surface area contributed by atoms with Crippen LogP contribution in [0.5, 0.6) is 0 Å². The van der Waals surface area contributed by atoms with Crippen molar-refractivity contribution >= 4 is 41.7 Å². The molecule has 1 aromatic rings. The lowest BCUT2D eigenvalue weighted by molar-refractivity contribution is 0.292. The molecule has 26 heavy (non-hydrogen) atoms. The summed E-state index contributed by atoms with van der Waals surface area (Å²) in [5.74, 6) is 1.44. The smallest absolute Gasteiger partial charge is 0.191 e. The second-order valence-electron chi connectivity index (χ2n) is 5.99. The number of hydrogen-bond donors (Lipinski definition) is 2. The Morgan fingerprint density at radius 1 is 1.27 bits per heavy atom. The average Bonchev–Trinajstić information content (AvgIpc) is 2.62. The fourth-order valence-corrected chi connectivity index (χ4v) is 3.36. The maximum atomic E-state index is 13.6. The highest BCUT2D eigenvalue weighted by atomic mass is 127. The molecule has 0 radical (unpaired) electrons. The molecule has 0 saturated heterocycles. The fraction of sp³-hybridized carbons (Fsp3) is 0.632. The molecule has 0 amide bonds. The first-order chi connectivity index (χ1) is 12.1. The Balaban J connectivity index is 0.00000625. The summed E-state index contributed by atoms with van der Waals surface area (Å²) in [6.07, 6.45) is 2.29. The lowest BCUT2D eigenvalue weighted by Gasteiger charge is -2.21. The minimum absolute atomic E-state index is 0. The Morgan fingerprint density at radius 3 is 2.58 bits per heavy atom. The zero-order chi connectivity index (χ0) is 18.5. The van der Waals surface area contributed by atoms with Crippen LogP contribution in [-0.4, -0.2) is 55.9 Å². The monoisotopic (exact) mass is 496 g/mol. The lowest BCUT2D eigenvalue weighted by atomic mass is 10.2. The molecule has 0 aliphatic rings. The minimum Gasteiger partial charge on any atom is -0.356 e. The van der Waals surface area contributed by atoms with Crippen molar-refractivity contribution in [3.63, 3.8) is 0 Å². The first-order valence-electron chi connectivity index (χ1n) is 9.17. The number of benzene rings is 1. The van der Waals surface area contributed by atoms with Gasteiger partial charge in [0.1, 0.15) is 5.82 Å². The van der Waals surface area contributed by atoms with E-state index >= 15 is 0 Å². The van der Waals surface area contributed by atoms with E-state index in [9.17, 15) is 4.39 Å². The molecule has 0 aliphatic carbocycles. The molecule has 0 fully saturated rings. The zero-order valence-electron chi connectivity index (χ0n) is 16.4. The Labute approximate surface area is 179 Å². The second kappa shape index (κ2) is 15.5. The van der Waals surface area contributed by atoms with Gasteiger partial charge in [0.05, 0.1) is 0 Å². The molecule has 1 aromatic carbocycles. The van der Waals surface area contributed by atoms with E-state index in [0.717, 1.165) is 44.3 Å². The van der Waals surface area contributed by atoms with Gasteiger partial charge < -0.3 is 15.5 Å². The first kappa shape index (κ1) is 25.5. The summed E-state index contributed by atoms with van der Waals surface area (Å²) in [6.45, 7) is 10.7. The topological polar surface area (TPSA) is 39.7 Å². The molecule has 0 aliphatic heterocycles. The number of guanidine groups is 1. The van der Waals surface area contributed by atoms with Crippen LogP contribution in [0.1, 0.15) is 33.6 Å². The number of hydrogen-bond acceptors (Lipinski definition) is 3. The quantitative estimate of drug-likeness (QED) is 0.158. The summed E-state index contributed by atoms with van der Waals surface area (Å²) in [7, 11) is 1.78. The summed E-state index contributed by atoms with van der Waals surface area (Å²) < 4.78 is 13.6. The van der Waals surface area contributed by atoms with Crippen molar-refractivity contribution in [2.45, 2.75) is 44.6 Å². The van der Waals surface area contributed by atoms with Gasteiger partial charge in [-0.05, 0) is 51.5 Å². The highest BCUT2D eigenvalue weighted by Gasteiger charge is 2.07. The van der Waals surface area contributed by atoms with Crippen molar-refractivity contribution in [1.29, 1.82) is 0 Å². The average molecular weight is 496 g/mol. The Bertz CT molecular complexity index is 512. The van der Waals surface area contributed by atoms with Gasteiger partial charge in [-0.1, -0.05) is 26.0 Å². The molecular weight excluding hydrogens is 462 g/mol. The maximum absolute atomic E-state index is 13.6. The van der Waals surface area contributed by atoms with E-state index in [1.54, 1.807) is 13.1 Å². The number of aliphatic imine (C=N–C) groups is 1. The van der Waals surface area contributed by atoms with Gasteiger partial charge in [-0.25, -0.2) is 4.39 Å². The second-order valence-corrected chi connectivity index (χ2v) is 7.13. The zero-order valence-corrected chi connectivity index (χ0v) is 19.6. The number of rotatable bonds is 11. The van der Waals surface area contributed by atoms with Crippen molar-refractivity contribution in [3.8, 4) is 0 Å². The molecule has 1 rings (SSSR count). The third-order valence-corrected chi connectivity index (χ3v) is 5.15. The van der Waals surface area contributed by atoms with E-state index in [2.05, 4.69) is 41.3 Å². The van der Waals surface area contributed by atoms with Crippen LogP contribution >= 0.6 is 35.7 Å². The van der Waals surface area contributed by atoms with Gasteiger partial charge in [0.15, 0.2) is 5.96 Å². The molecule has 1 unspecified atom stereocenters. The molecule has 0 heterocycles. The summed E-state index contributed by atoms with van der Waals surface area (Å²) >= 11 is 1.51. The Hall–Kier alpha value is -0.540. The predicted molar refractivity (Wildman–Crippen MR) is 124 cm³/mol. The van der Waals surface area contributed by atoms with Crippen LogP contribution in [-0.2, 0) is 0 Å². The third kappa shape index (κ3) is 10.6. The van der Waals surface area contributed by atoms with Crippen molar-refractivity contribution < 1.29 is 4.39 Å². The van der Waals surface area contributed by atoms with Crippen LogP contribution in [0.15, 0.2) is 34.2 Å². The molecular formula is C19H34FIN4S. The Morgan fingerprint density at radius 2 is 1.96 bits per heavy atom. The molecule has 4 nitrogen and oxygen atoms in total. The number of nitrogens with zero attached hydrogens (tertiary/aromatic N) is 2. The van der Waals surface area contributed by atoms with Gasteiger partial charge in [0.25, 0.3) is 0 Å². The number of halogens is 2. The van der Waals surface area contributed by atoms with E-state index < -0.39 is 0 Å². The van der Waals surface area contributed by atoms with Crippen LogP contribution in [0, 0.1) is 5.82 Å². The van der Waals surface area contributed by atoms with Crippen LogP contribution in [0.25, 0.3) is 0 Å². The van der Waals surface area contributed by atoms with E-state index in [-0.39, 0.29) is 29.8 Å². The number of nitrogens with one attached hydrogen (secondary N) is 2. The van der Waals surface area contributed by atoms with Crippen LogP contribution in [0.2, 0.25) is 0 Å². The van der Waals surface area contributed by atoms with E-state index in [1.165, 1.54) is 24.2 Å². The molecule has 0 aromatic heterocycles. The summed E-state index contributed by atoms with van der Waals surface area (Å²) in [4.78, 5) is 7.40. The minimum atomic E-state index is -0.156. The van der Waals surface area contributed by atoms with Crippen LogP contribution in [0.4, 0.5) is 4.39 Å². The van der Waals surface area contributed by atoms with Crippen molar-refractivity contribution in [2.75, 3.05) is 39.0 Å². The van der Waals surface area contributed by atoms with Crippen molar-refractivity contribution in [1.82, 2.24) is 15.5 Å². The SMILES string of the molecule is CCN(CC)CCCC(C)NC(=NC)NCCSc1ccccc1F.I. The van der Waals surface area contributed by atoms with Crippen LogP contribution in [0.3, 0.4) is 0 Å². The molecule has 7 heteroatoms. The Kier molecular flexibility index (Phi) is 15.2. The van der Waals surface area contributed by atoms with Gasteiger partial charge in [0.2, 0.25) is 0 Å². The van der Waals surface area contributed by atoms with Crippen molar-refractivity contribution in [2.24, 2.45) is 4.99 Å². The highest BCUT2D eigenvalue weighted by Crippen LogP contribution is 2.20. The maximum Gasteiger partial charge on any atom is 0.191 e. The van der Waals surface area contributed by atoms with E-state index in [0.29, 0.717) is 10.9 Å². The largest absolute Gasteiger partial charge is 0.356 e. The fourth-order valence-electron chi connectivity index (χ4n) is 2.55. The van der Waals surface area contributed by atoms with Gasteiger partial charge in [-0.3, -0.25) is 4.99 Å². The van der Waals surface area contributed by atoms with Gasteiger partial charge in [-0.2, -0.15) is 0 Å². The molecule has 0 saturated carbocycles. The van der Waals surface area contributed by atoms with Gasteiger partial charge >= 0.3 is 0 Å². The highest BCUT2D eigenvalue weighted by molar-refractivity contribution is 14.0. The standard InChI is InChI=1S/C19H33FN4S.HI/c1-5-24(6-2)14-9-10-16(3)23-19(21-4)22-13-15-25-18-12-8-7-11-17(18)20;/h7-8,11-12,16H,5-6,9-10,13-15H2,1-4H3,(H2,21,22,23);1H. The normalized spacial score (nSPS) is 12.6. The molecule has 0 bridgehead atoms. The molecule has 1 atom stereocenters. The van der Waals surface area contributed by atoms with Gasteiger partial charge in [-0.15, -0.1) is 35.7 Å². The predicted octanol–water partition coefficient (Wildman–Crippen LogP) is 4.21. The molecule has 150 valence electrons. The van der Waals surface area contributed by atoms with E-state index in [1.807, 2.05) is 12.1 Å². The number of thioether (sulfide) groups is 1. The third-order valence-electron chi connectivity index (χ3n) is 4.10. The van der Waals surface area contributed by atoms with Crippen molar-refractivity contribution in [3.05, 3.63) is 30.1 Å². The summed E-state index contributed by atoms with van der Waals surface area (Å²) in [5, 5.41) is 6.72. The van der Waals surface area contributed by atoms with E-state index in [4.69, 9.17) is 0 Å². The lowest BCUT2D eigenvalue weighted by Crippen LogP contribution is -2.43. The summed E-state index contributed by atoms with van der Waals surface area (Å²) in [6, 6.07) is 7.26. The molecule has 0 spiro atoms.